The van der Waals surface area contributed by atoms with Gasteiger partial charge in [-0.05, 0) is 23.8 Å². The van der Waals surface area contributed by atoms with E-state index in [9.17, 15) is 13.2 Å². The molecule has 2 heterocycles. The van der Waals surface area contributed by atoms with Gasteiger partial charge in [0.15, 0.2) is 0 Å². The topological polar surface area (TPSA) is 86.4 Å². The van der Waals surface area contributed by atoms with Gasteiger partial charge in [0.1, 0.15) is 5.69 Å². The Morgan fingerprint density at radius 2 is 1.67 bits per heavy atom. The third kappa shape index (κ3) is 4.63. The van der Waals surface area contributed by atoms with Crippen LogP contribution in [0.3, 0.4) is 0 Å². The number of aromatic amines is 1. The highest BCUT2D eigenvalue weighted by Gasteiger charge is 2.30. The molecular formula is C21H21BrN4O3S. The standard InChI is InChI=1S/C21H21BrN4O3S/c22-18-8-6-17(7-9-18)19-14-20(24-23-19)21(27)25-10-12-26(13-11-25)30(28,29)15-16-4-2-1-3-5-16/h1-9,14H,10-13,15H2,(H,23,24). The molecule has 1 amide bonds. The molecule has 0 unspecified atom stereocenters. The average molecular weight is 489 g/mol. The quantitative estimate of drug-likeness (QED) is 0.597. The van der Waals surface area contributed by atoms with Gasteiger partial charge >= 0.3 is 0 Å². The molecule has 1 aliphatic heterocycles. The van der Waals surface area contributed by atoms with Crippen molar-refractivity contribution in [3.05, 3.63) is 76.4 Å². The van der Waals surface area contributed by atoms with Crippen LogP contribution in [-0.2, 0) is 15.8 Å². The summed E-state index contributed by atoms with van der Waals surface area (Å²) >= 11 is 3.40. The zero-order valence-corrected chi connectivity index (χ0v) is 18.6. The molecule has 1 fully saturated rings. The highest BCUT2D eigenvalue weighted by atomic mass is 79.9. The first-order valence-corrected chi connectivity index (χ1v) is 11.9. The number of amides is 1. The lowest BCUT2D eigenvalue weighted by atomic mass is 10.1. The van der Waals surface area contributed by atoms with Crippen LogP contribution < -0.4 is 0 Å². The lowest BCUT2D eigenvalue weighted by Crippen LogP contribution is -2.50. The summed E-state index contributed by atoms with van der Waals surface area (Å²) in [7, 11) is -3.41. The third-order valence-corrected chi connectivity index (χ3v) is 7.44. The van der Waals surface area contributed by atoms with Crippen molar-refractivity contribution in [1.29, 1.82) is 0 Å². The number of hydrogen-bond donors (Lipinski definition) is 1. The first-order valence-electron chi connectivity index (χ1n) is 9.55. The molecule has 1 aromatic heterocycles. The number of aromatic nitrogens is 2. The summed E-state index contributed by atoms with van der Waals surface area (Å²) in [5, 5.41) is 7.04. The molecule has 0 saturated carbocycles. The normalized spacial score (nSPS) is 15.3. The maximum Gasteiger partial charge on any atom is 0.271 e. The number of halogens is 1. The molecule has 0 radical (unpaired) electrons. The van der Waals surface area contributed by atoms with E-state index in [1.165, 1.54) is 4.31 Å². The van der Waals surface area contributed by atoms with Crippen LogP contribution in [0.2, 0.25) is 0 Å². The number of hydrogen-bond acceptors (Lipinski definition) is 4. The Morgan fingerprint density at radius 3 is 2.33 bits per heavy atom. The lowest BCUT2D eigenvalue weighted by Gasteiger charge is -2.33. The van der Waals surface area contributed by atoms with Crippen LogP contribution in [0.1, 0.15) is 16.1 Å². The van der Waals surface area contributed by atoms with E-state index in [1.807, 2.05) is 42.5 Å². The zero-order valence-electron chi connectivity index (χ0n) is 16.2. The summed E-state index contributed by atoms with van der Waals surface area (Å²) in [5.41, 5.74) is 2.75. The fraction of sp³-hybridized carbons (Fsp3) is 0.238. The van der Waals surface area contributed by atoms with Crippen molar-refractivity contribution < 1.29 is 13.2 Å². The minimum atomic E-state index is -3.41. The second-order valence-corrected chi connectivity index (χ2v) is 9.99. The Labute approximate surface area is 183 Å². The highest BCUT2D eigenvalue weighted by Crippen LogP contribution is 2.21. The fourth-order valence-electron chi connectivity index (χ4n) is 3.42. The van der Waals surface area contributed by atoms with Gasteiger partial charge in [0, 0.05) is 36.2 Å². The summed E-state index contributed by atoms with van der Waals surface area (Å²) in [6.07, 6.45) is 0. The average Bonchev–Trinajstić information content (AvgIpc) is 3.24. The van der Waals surface area contributed by atoms with Gasteiger partial charge in [-0.2, -0.15) is 9.40 Å². The van der Waals surface area contributed by atoms with Crippen LogP contribution in [0, 0.1) is 0 Å². The van der Waals surface area contributed by atoms with Crippen LogP contribution in [0.4, 0.5) is 0 Å². The van der Waals surface area contributed by atoms with E-state index in [1.54, 1.807) is 23.1 Å². The van der Waals surface area contributed by atoms with Crippen LogP contribution in [-0.4, -0.2) is 59.9 Å². The van der Waals surface area contributed by atoms with Gasteiger partial charge in [-0.15, -0.1) is 0 Å². The Balaban J connectivity index is 1.38. The van der Waals surface area contributed by atoms with Gasteiger partial charge < -0.3 is 4.90 Å². The molecule has 30 heavy (non-hydrogen) atoms. The van der Waals surface area contributed by atoms with Crippen molar-refractivity contribution in [2.45, 2.75) is 5.75 Å². The molecule has 0 atom stereocenters. The molecule has 2 aromatic carbocycles. The summed E-state index contributed by atoms with van der Waals surface area (Å²) in [6, 6.07) is 18.5. The van der Waals surface area contributed by atoms with Crippen molar-refractivity contribution in [2.75, 3.05) is 26.2 Å². The first-order chi connectivity index (χ1) is 14.4. The molecule has 0 spiro atoms. The van der Waals surface area contributed by atoms with Gasteiger partial charge in [-0.3, -0.25) is 9.89 Å². The van der Waals surface area contributed by atoms with Gasteiger partial charge in [0.25, 0.3) is 5.91 Å². The van der Waals surface area contributed by atoms with Crippen LogP contribution >= 0.6 is 15.9 Å². The molecule has 0 bridgehead atoms. The van der Waals surface area contributed by atoms with E-state index in [0.29, 0.717) is 24.5 Å². The molecule has 3 aromatic rings. The third-order valence-electron chi connectivity index (χ3n) is 5.06. The summed E-state index contributed by atoms with van der Waals surface area (Å²) in [5.74, 6) is -0.204. The smallest absolute Gasteiger partial charge is 0.271 e. The number of nitrogens with zero attached hydrogens (tertiary/aromatic N) is 3. The van der Waals surface area contributed by atoms with Crippen LogP contribution in [0.5, 0.6) is 0 Å². The molecule has 1 saturated heterocycles. The van der Waals surface area contributed by atoms with Gasteiger partial charge in [0.05, 0.1) is 11.4 Å². The van der Waals surface area contributed by atoms with Crippen molar-refractivity contribution in [1.82, 2.24) is 19.4 Å². The minimum absolute atomic E-state index is 0.0289. The lowest BCUT2D eigenvalue weighted by molar-refractivity contribution is 0.0692. The largest absolute Gasteiger partial charge is 0.335 e. The molecule has 4 rings (SSSR count). The van der Waals surface area contributed by atoms with E-state index in [0.717, 1.165) is 15.6 Å². The number of H-pyrrole nitrogens is 1. The number of benzene rings is 2. The molecule has 7 nitrogen and oxygen atoms in total. The van der Waals surface area contributed by atoms with E-state index in [2.05, 4.69) is 26.1 Å². The molecule has 156 valence electrons. The second kappa shape index (κ2) is 8.71. The first kappa shape index (κ1) is 20.8. The number of piperazine rings is 1. The number of carbonyl (C=O) groups is 1. The predicted molar refractivity (Wildman–Crippen MR) is 118 cm³/mol. The monoisotopic (exact) mass is 488 g/mol. The van der Waals surface area contributed by atoms with Crippen molar-refractivity contribution >= 4 is 31.9 Å². The van der Waals surface area contributed by atoms with Crippen LogP contribution in [0.25, 0.3) is 11.3 Å². The predicted octanol–water partition coefficient (Wildman–Crippen LogP) is 3.13. The number of sulfonamides is 1. The van der Waals surface area contributed by atoms with Gasteiger partial charge in [-0.25, -0.2) is 8.42 Å². The summed E-state index contributed by atoms with van der Waals surface area (Å²) in [6.45, 7) is 1.27. The molecule has 0 aliphatic carbocycles. The van der Waals surface area contributed by atoms with E-state index < -0.39 is 10.0 Å². The van der Waals surface area contributed by atoms with Crippen molar-refractivity contribution in [2.24, 2.45) is 0 Å². The summed E-state index contributed by atoms with van der Waals surface area (Å²) < 4.78 is 27.8. The zero-order chi connectivity index (χ0) is 21.1. The Morgan fingerprint density at radius 1 is 1.00 bits per heavy atom. The summed E-state index contributed by atoms with van der Waals surface area (Å²) in [4.78, 5) is 14.5. The second-order valence-electron chi connectivity index (χ2n) is 7.11. The number of nitrogens with one attached hydrogen (secondary N) is 1. The molecule has 1 aliphatic rings. The molecule has 1 N–H and O–H groups in total. The Kier molecular flexibility index (Phi) is 6.03. The van der Waals surface area contributed by atoms with Crippen molar-refractivity contribution in [3.8, 4) is 11.3 Å². The van der Waals surface area contributed by atoms with Gasteiger partial charge in [0.2, 0.25) is 10.0 Å². The van der Waals surface area contributed by atoms with E-state index in [4.69, 9.17) is 0 Å². The van der Waals surface area contributed by atoms with Crippen molar-refractivity contribution in [3.63, 3.8) is 0 Å². The number of carbonyl (C=O) groups excluding carboxylic acids is 1. The SMILES string of the molecule is O=C(c1cc(-c2ccc(Br)cc2)n[nH]1)N1CCN(S(=O)(=O)Cc2ccccc2)CC1. The minimum Gasteiger partial charge on any atom is -0.335 e. The number of rotatable bonds is 5. The Bertz CT molecular complexity index is 1120. The fourth-order valence-corrected chi connectivity index (χ4v) is 5.20. The molecular weight excluding hydrogens is 468 g/mol. The van der Waals surface area contributed by atoms with Gasteiger partial charge in [-0.1, -0.05) is 58.4 Å². The highest BCUT2D eigenvalue weighted by molar-refractivity contribution is 9.10. The van der Waals surface area contributed by atoms with Crippen LogP contribution in [0.15, 0.2) is 65.1 Å². The maximum atomic E-state index is 12.8. The van der Waals surface area contributed by atoms with E-state index in [-0.39, 0.29) is 24.7 Å². The van der Waals surface area contributed by atoms with E-state index >= 15 is 0 Å². The Hall–Kier alpha value is -2.49. The maximum absolute atomic E-state index is 12.8. The molecule has 9 heteroatoms.